The van der Waals surface area contributed by atoms with Crippen molar-refractivity contribution in [2.75, 3.05) is 5.73 Å². The highest BCUT2D eigenvalue weighted by Crippen LogP contribution is 2.20. The van der Waals surface area contributed by atoms with Crippen LogP contribution in [0.1, 0.15) is 22.5 Å². The summed E-state index contributed by atoms with van der Waals surface area (Å²) < 4.78 is 1.79. The molecular weight excluding hydrogens is 323 g/mol. The van der Waals surface area contributed by atoms with E-state index in [2.05, 4.69) is 20.3 Å². The first-order valence-corrected chi connectivity index (χ1v) is 6.40. The van der Waals surface area contributed by atoms with Gasteiger partial charge in [-0.2, -0.15) is 15.2 Å². The summed E-state index contributed by atoms with van der Waals surface area (Å²) in [7, 11) is 0. The fourth-order valence-electron chi connectivity index (χ4n) is 2.28. The SMILES string of the molecule is Cc1nn(-c2ncn[nH]2)c(C)c1Cc1ccc(N)cc1.Cl.Cl. The molecule has 8 heteroatoms. The van der Waals surface area contributed by atoms with Gasteiger partial charge in [-0.1, -0.05) is 12.1 Å². The minimum absolute atomic E-state index is 0. The first-order valence-electron chi connectivity index (χ1n) is 6.40. The lowest BCUT2D eigenvalue weighted by molar-refractivity contribution is 0.777. The van der Waals surface area contributed by atoms with Gasteiger partial charge in [-0.05, 0) is 31.5 Å². The Morgan fingerprint density at radius 3 is 2.41 bits per heavy atom. The molecule has 0 aliphatic carbocycles. The number of hydrogen-bond acceptors (Lipinski definition) is 4. The number of nitrogens with one attached hydrogen (secondary N) is 1. The molecule has 3 aromatic rings. The van der Waals surface area contributed by atoms with Gasteiger partial charge in [0.2, 0.25) is 5.95 Å². The summed E-state index contributed by atoms with van der Waals surface area (Å²) in [4.78, 5) is 4.14. The van der Waals surface area contributed by atoms with E-state index in [4.69, 9.17) is 5.73 Å². The fraction of sp³-hybridized carbons (Fsp3) is 0.214. The Hall–Kier alpha value is -2.05. The molecule has 0 aliphatic rings. The van der Waals surface area contributed by atoms with Crippen LogP contribution in [0.25, 0.3) is 5.95 Å². The number of benzene rings is 1. The van der Waals surface area contributed by atoms with E-state index in [9.17, 15) is 0 Å². The van der Waals surface area contributed by atoms with Crippen LogP contribution in [-0.4, -0.2) is 25.0 Å². The molecule has 0 amide bonds. The molecule has 2 aromatic heterocycles. The molecule has 0 unspecified atom stereocenters. The molecule has 0 saturated heterocycles. The fourth-order valence-corrected chi connectivity index (χ4v) is 2.28. The number of aromatic amines is 1. The van der Waals surface area contributed by atoms with Crippen LogP contribution >= 0.6 is 24.8 Å². The third kappa shape index (κ3) is 3.40. The van der Waals surface area contributed by atoms with Crippen LogP contribution in [0.15, 0.2) is 30.6 Å². The molecule has 0 aliphatic heterocycles. The molecule has 0 spiro atoms. The van der Waals surface area contributed by atoms with Crippen molar-refractivity contribution in [3.05, 3.63) is 53.1 Å². The number of nitrogens with zero attached hydrogens (tertiary/aromatic N) is 4. The van der Waals surface area contributed by atoms with E-state index < -0.39 is 0 Å². The topological polar surface area (TPSA) is 85.4 Å². The number of hydrogen-bond donors (Lipinski definition) is 2. The summed E-state index contributed by atoms with van der Waals surface area (Å²) in [6.45, 7) is 4.04. The minimum atomic E-state index is 0. The van der Waals surface area contributed by atoms with E-state index in [1.165, 1.54) is 17.5 Å². The Balaban J connectivity index is 0.00000121. The highest BCUT2D eigenvalue weighted by atomic mass is 35.5. The first-order chi connectivity index (χ1) is 9.65. The third-order valence-corrected chi connectivity index (χ3v) is 3.40. The average Bonchev–Trinajstić information content (AvgIpc) is 3.04. The number of nitrogens with two attached hydrogens (primary N) is 1. The molecule has 6 nitrogen and oxygen atoms in total. The van der Waals surface area contributed by atoms with Crippen molar-refractivity contribution in [3.63, 3.8) is 0 Å². The second kappa shape index (κ2) is 7.29. The standard InChI is InChI=1S/C14H16N6.2ClH/c1-9-13(7-11-3-5-12(15)6-4-11)10(2)20(19-9)14-16-8-17-18-14;;/h3-6,8H,7,15H2,1-2H3,(H,16,17,18);2*1H. The largest absolute Gasteiger partial charge is 0.399 e. The van der Waals surface area contributed by atoms with Gasteiger partial charge in [0.15, 0.2) is 0 Å². The Morgan fingerprint density at radius 2 is 1.82 bits per heavy atom. The lowest BCUT2D eigenvalue weighted by Crippen LogP contribution is -2.02. The van der Waals surface area contributed by atoms with E-state index in [0.29, 0.717) is 5.95 Å². The number of rotatable bonds is 3. The maximum Gasteiger partial charge on any atom is 0.246 e. The lowest BCUT2D eigenvalue weighted by Gasteiger charge is -2.04. The van der Waals surface area contributed by atoms with Gasteiger partial charge < -0.3 is 5.73 Å². The zero-order valence-corrected chi connectivity index (χ0v) is 13.9. The third-order valence-electron chi connectivity index (χ3n) is 3.40. The van der Waals surface area contributed by atoms with E-state index in [0.717, 1.165) is 23.5 Å². The predicted molar refractivity (Wildman–Crippen MR) is 91.1 cm³/mol. The van der Waals surface area contributed by atoms with Crippen LogP contribution in [0.5, 0.6) is 0 Å². The molecular formula is C14H18Cl2N6. The first kappa shape index (κ1) is 18.0. The van der Waals surface area contributed by atoms with Crippen molar-refractivity contribution >= 4 is 30.5 Å². The van der Waals surface area contributed by atoms with Gasteiger partial charge in [0.05, 0.1) is 5.69 Å². The molecule has 0 bridgehead atoms. The van der Waals surface area contributed by atoms with Crippen LogP contribution in [0.2, 0.25) is 0 Å². The minimum Gasteiger partial charge on any atom is -0.399 e. The number of halogens is 2. The Kier molecular flexibility index (Phi) is 5.96. The molecule has 0 radical (unpaired) electrons. The van der Waals surface area contributed by atoms with Crippen molar-refractivity contribution in [1.82, 2.24) is 25.0 Å². The highest BCUT2D eigenvalue weighted by molar-refractivity contribution is 5.85. The summed E-state index contributed by atoms with van der Waals surface area (Å²) in [5, 5.41) is 11.2. The van der Waals surface area contributed by atoms with E-state index in [-0.39, 0.29) is 24.8 Å². The summed E-state index contributed by atoms with van der Waals surface area (Å²) in [6, 6.07) is 7.92. The van der Waals surface area contributed by atoms with Crippen LogP contribution in [0.4, 0.5) is 5.69 Å². The monoisotopic (exact) mass is 340 g/mol. The number of aryl methyl sites for hydroxylation is 1. The van der Waals surface area contributed by atoms with Gasteiger partial charge >= 0.3 is 0 Å². The molecule has 118 valence electrons. The number of H-pyrrole nitrogens is 1. The van der Waals surface area contributed by atoms with Gasteiger partial charge in [-0.25, -0.2) is 9.78 Å². The molecule has 0 atom stereocenters. The van der Waals surface area contributed by atoms with Gasteiger partial charge in [0, 0.05) is 23.4 Å². The van der Waals surface area contributed by atoms with Crippen molar-refractivity contribution in [3.8, 4) is 5.95 Å². The summed E-state index contributed by atoms with van der Waals surface area (Å²) in [5.74, 6) is 0.633. The van der Waals surface area contributed by atoms with Crippen LogP contribution in [0, 0.1) is 13.8 Å². The Morgan fingerprint density at radius 1 is 1.14 bits per heavy atom. The van der Waals surface area contributed by atoms with Crippen molar-refractivity contribution in [2.24, 2.45) is 0 Å². The summed E-state index contributed by atoms with van der Waals surface area (Å²) in [5.41, 5.74) is 11.0. The molecule has 0 saturated carbocycles. The normalized spacial score (nSPS) is 9.91. The lowest BCUT2D eigenvalue weighted by atomic mass is 10.0. The van der Waals surface area contributed by atoms with Gasteiger partial charge in [0.1, 0.15) is 6.33 Å². The number of aromatic nitrogens is 5. The number of anilines is 1. The van der Waals surface area contributed by atoms with Crippen molar-refractivity contribution in [1.29, 1.82) is 0 Å². The molecule has 0 fully saturated rings. The molecule has 3 rings (SSSR count). The van der Waals surface area contributed by atoms with E-state index in [1.54, 1.807) is 4.68 Å². The summed E-state index contributed by atoms with van der Waals surface area (Å²) in [6.07, 6.45) is 2.30. The second-order valence-electron chi connectivity index (χ2n) is 4.79. The zero-order chi connectivity index (χ0) is 14.1. The van der Waals surface area contributed by atoms with Crippen LogP contribution < -0.4 is 5.73 Å². The Labute approximate surface area is 141 Å². The molecule has 3 N–H and O–H groups in total. The van der Waals surface area contributed by atoms with Crippen LogP contribution in [-0.2, 0) is 6.42 Å². The number of nitrogen functional groups attached to an aromatic ring is 1. The van der Waals surface area contributed by atoms with Crippen molar-refractivity contribution in [2.45, 2.75) is 20.3 Å². The second-order valence-corrected chi connectivity index (χ2v) is 4.79. The van der Waals surface area contributed by atoms with E-state index in [1.807, 2.05) is 38.1 Å². The Bertz CT molecular complexity index is 719. The highest BCUT2D eigenvalue weighted by Gasteiger charge is 2.14. The predicted octanol–water partition coefficient (Wildman–Crippen LogP) is 2.62. The maximum atomic E-state index is 5.71. The smallest absolute Gasteiger partial charge is 0.246 e. The average molecular weight is 341 g/mol. The van der Waals surface area contributed by atoms with Gasteiger partial charge in [-0.3, -0.25) is 0 Å². The molecule has 22 heavy (non-hydrogen) atoms. The van der Waals surface area contributed by atoms with Gasteiger partial charge in [-0.15, -0.1) is 24.8 Å². The molecule has 1 aromatic carbocycles. The van der Waals surface area contributed by atoms with E-state index >= 15 is 0 Å². The maximum absolute atomic E-state index is 5.71. The zero-order valence-electron chi connectivity index (χ0n) is 12.3. The van der Waals surface area contributed by atoms with Crippen molar-refractivity contribution < 1.29 is 0 Å². The van der Waals surface area contributed by atoms with Crippen LogP contribution in [0.3, 0.4) is 0 Å². The summed E-state index contributed by atoms with van der Waals surface area (Å²) >= 11 is 0. The molecule has 2 heterocycles. The van der Waals surface area contributed by atoms with Gasteiger partial charge in [0.25, 0.3) is 0 Å². The quantitative estimate of drug-likeness (QED) is 0.717.